The topological polar surface area (TPSA) is 268 Å². The monoisotopic (exact) mass is 1030 g/mol. The van der Waals surface area contributed by atoms with Crippen LogP contribution in [-0.2, 0) is 76.7 Å². The summed E-state index contributed by atoms with van der Waals surface area (Å²) >= 11 is 0. The molecule has 3 aromatic rings. The van der Waals surface area contributed by atoms with Crippen LogP contribution in [0.15, 0.2) is 91.0 Å². The van der Waals surface area contributed by atoms with Gasteiger partial charge in [0.2, 0.25) is 0 Å². The first-order valence-corrected chi connectivity index (χ1v) is 25.5. The smallest absolute Gasteiger partial charge is 0.410 e. The first-order valence-electron chi connectivity index (χ1n) is 25.5. The number of hydrogen-bond donors (Lipinski definition) is 5. The maximum Gasteiger partial charge on any atom is 0.410 e. The van der Waals surface area contributed by atoms with Gasteiger partial charge in [0.1, 0.15) is 68.6 Å². The maximum absolute atomic E-state index is 13.7. The molecule has 8 aliphatic rings. The molecule has 8 unspecified atom stereocenters. The van der Waals surface area contributed by atoms with E-state index in [9.17, 15) is 24.3 Å². The van der Waals surface area contributed by atoms with Crippen LogP contribution < -0.4 is 21.7 Å². The van der Waals surface area contributed by atoms with Gasteiger partial charge in [-0.15, -0.1) is 0 Å². The van der Waals surface area contributed by atoms with Crippen LogP contribution in [0.5, 0.6) is 0 Å². The summed E-state index contributed by atoms with van der Waals surface area (Å²) in [5.41, 5.74) is 9.42. The highest BCUT2D eigenvalue weighted by atomic mass is 16.8. The van der Waals surface area contributed by atoms with Crippen molar-refractivity contribution in [3.63, 3.8) is 0 Å². The summed E-state index contributed by atoms with van der Waals surface area (Å²) in [5.74, 6) is -0.927. The third-order valence-corrected chi connectivity index (χ3v) is 15.2. The van der Waals surface area contributed by atoms with E-state index in [0.29, 0.717) is 12.8 Å². The Morgan fingerprint density at radius 2 is 1.22 bits per heavy atom. The van der Waals surface area contributed by atoms with Gasteiger partial charge in [-0.1, -0.05) is 97.4 Å². The first-order chi connectivity index (χ1) is 36.0. The highest BCUT2D eigenvalue weighted by molar-refractivity contribution is 5.71. The van der Waals surface area contributed by atoms with Crippen LogP contribution in [0.25, 0.3) is 0 Å². The molecule has 6 saturated heterocycles. The molecular weight excluding hydrogens is 967 g/mol. The quantitative estimate of drug-likeness (QED) is 0.114. The highest BCUT2D eigenvalue weighted by Crippen LogP contribution is 2.47. The number of carbonyl (C=O) groups excluding carboxylic acids is 4. The van der Waals surface area contributed by atoms with Crippen molar-refractivity contribution in [2.45, 2.75) is 175 Å². The zero-order valence-electron chi connectivity index (χ0n) is 40.8. The van der Waals surface area contributed by atoms with Crippen molar-refractivity contribution in [1.82, 2.24) is 20.9 Å². The molecule has 0 radical (unpaired) electrons. The fourth-order valence-electron chi connectivity index (χ4n) is 11.4. The van der Waals surface area contributed by atoms with Gasteiger partial charge in [-0.3, -0.25) is 4.90 Å². The van der Waals surface area contributed by atoms with E-state index in [1.807, 2.05) is 91.0 Å². The van der Waals surface area contributed by atoms with Gasteiger partial charge in [0.05, 0.1) is 30.8 Å². The predicted octanol–water partition coefficient (Wildman–Crippen LogP) is 3.59. The summed E-state index contributed by atoms with van der Waals surface area (Å²) in [5, 5.41) is 19.2. The summed E-state index contributed by atoms with van der Waals surface area (Å²) in [6.07, 6.45) is -9.34. The SMILES string of the molecule is CN1C(=O)OC2C3O[C@H](O[C@@H]4C(N)C[C@@H](NC(=O)OCc5ccccc5)[C@H]5OC6(CCCCC6)OC45)[C@@H](NC(=O)OCc4ccccc4)C[C@@H]3OC(O[C@H]3OC(CO)[C@@H](NC(=O)OCc4ccccc4)[C@@H]4OC34)C21. The van der Waals surface area contributed by atoms with E-state index in [4.69, 9.17) is 62.6 Å². The Labute approximate surface area is 426 Å². The first kappa shape index (κ1) is 50.5. The zero-order chi connectivity index (χ0) is 50.9. The molecule has 0 bridgehead atoms. The van der Waals surface area contributed by atoms with Gasteiger partial charge in [0.15, 0.2) is 30.8 Å². The fourth-order valence-corrected chi connectivity index (χ4v) is 11.4. The van der Waals surface area contributed by atoms with E-state index >= 15 is 0 Å². The molecule has 0 aromatic heterocycles. The number of epoxide rings is 1. The van der Waals surface area contributed by atoms with Crippen LogP contribution in [0.1, 0.15) is 61.6 Å². The van der Waals surface area contributed by atoms with Crippen molar-refractivity contribution in [2.75, 3.05) is 13.7 Å². The molecule has 74 heavy (non-hydrogen) atoms. The fraction of sp³-hybridized carbons (Fsp3) is 0.577. The lowest BCUT2D eigenvalue weighted by Gasteiger charge is -2.50. The molecule has 1 spiro atoms. The predicted molar refractivity (Wildman–Crippen MR) is 253 cm³/mol. The van der Waals surface area contributed by atoms with Gasteiger partial charge in [-0.25, -0.2) is 19.2 Å². The molecule has 2 aliphatic carbocycles. The average molecular weight is 1030 g/mol. The second-order valence-electron chi connectivity index (χ2n) is 20.1. The lowest BCUT2D eigenvalue weighted by Crippen LogP contribution is -2.69. The number of amides is 4. The molecule has 4 amide bonds. The van der Waals surface area contributed by atoms with E-state index in [1.54, 1.807) is 7.05 Å². The minimum absolute atomic E-state index is 0.0192. The number of rotatable bonds is 14. The molecule has 398 valence electrons. The lowest BCUT2D eigenvalue weighted by molar-refractivity contribution is -0.356. The molecule has 8 fully saturated rings. The van der Waals surface area contributed by atoms with Crippen molar-refractivity contribution in [3.8, 4) is 0 Å². The van der Waals surface area contributed by atoms with Gasteiger partial charge in [-0.05, 0) is 36.0 Å². The average Bonchev–Trinajstić information content (AvgIpc) is 4.06. The largest absolute Gasteiger partial charge is 0.445 e. The number of ether oxygens (including phenoxy) is 12. The molecule has 2 saturated carbocycles. The molecule has 6 heterocycles. The summed E-state index contributed by atoms with van der Waals surface area (Å²) < 4.78 is 75.6. The molecule has 11 rings (SSSR count). The van der Waals surface area contributed by atoms with Crippen molar-refractivity contribution < 1.29 is 81.1 Å². The van der Waals surface area contributed by atoms with Crippen molar-refractivity contribution in [3.05, 3.63) is 108 Å². The number of carbonyl (C=O) groups is 4. The lowest BCUT2D eigenvalue weighted by atomic mass is 9.84. The number of fused-ring (bicyclic) bond motifs is 5. The van der Waals surface area contributed by atoms with Crippen LogP contribution in [-0.4, -0.2) is 158 Å². The van der Waals surface area contributed by atoms with E-state index in [2.05, 4.69) is 16.0 Å². The van der Waals surface area contributed by atoms with E-state index in [-0.39, 0.29) is 32.7 Å². The summed E-state index contributed by atoms with van der Waals surface area (Å²) in [7, 11) is 1.55. The molecule has 6 aliphatic heterocycles. The van der Waals surface area contributed by atoms with Crippen LogP contribution in [0.2, 0.25) is 0 Å². The summed E-state index contributed by atoms with van der Waals surface area (Å²) in [4.78, 5) is 54.7. The Kier molecular flexibility index (Phi) is 14.9. The minimum Gasteiger partial charge on any atom is -0.445 e. The van der Waals surface area contributed by atoms with E-state index < -0.39 is 141 Å². The van der Waals surface area contributed by atoms with Crippen molar-refractivity contribution in [2.24, 2.45) is 5.73 Å². The van der Waals surface area contributed by atoms with Crippen LogP contribution in [0.4, 0.5) is 19.2 Å². The zero-order valence-corrected chi connectivity index (χ0v) is 40.8. The number of alkyl carbamates (subject to hydrolysis) is 3. The highest BCUT2D eigenvalue weighted by Gasteiger charge is 2.65. The molecule has 17 atom stereocenters. The molecule has 6 N–H and O–H groups in total. The third-order valence-electron chi connectivity index (χ3n) is 15.2. The Bertz CT molecular complexity index is 2430. The Hall–Kier alpha value is -5.66. The standard InChI is InChI=1S/C52H63N5O17/c1-57-37-42(71-51(57)62)40-34(66-46(37)72-47-44-41(68-44)36(35(24-58)67-47)56-50(61)65-27-30-18-10-4-11-19-30)23-33(55-49(60)64-26-29-16-8-3-9-17-29)45(70-40)69-38-31(53)22-32(54-48(59)63-25-28-14-6-2-7-15-28)39-43(38)74-52(73-39)20-12-5-13-21-52/h2-4,6-11,14-19,31-47,58H,5,12-13,20-27,53H2,1H3,(H,54,59)(H,55,60)(H,56,61)/t31?,32-,33+,34+,35?,36-,37?,38-,39-,40?,41+,42?,43?,44?,45+,46?,47-/m1/s1. The van der Waals surface area contributed by atoms with Crippen LogP contribution >= 0.6 is 0 Å². The Morgan fingerprint density at radius 1 is 0.635 bits per heavy atom. The second-order valence-corrected chi connectivity index (χ2v) is 20.1. The molecule has 3 aromatic carbocycles. The van der Waals surface area contributed by atoms with Crippen molar-refractivity contribution >= 4 is 24.4 Å². The van der Waals surface area contributed by atoms with E-state index in [1.165, 1.54) is 4.90 Å². The maximum atomic E-state index is 13.7. The minimum atomic E-state index is -1.23. The number of hydrogen-bond acceptors (Lipinski definition) is 18. The van der Waals surface area contributed by atoms with E-state index in [0.717, 1.165) is 36.0 Å². The Balaban J connectivity index is 0.805. The number of aliphatic hydroxyl groups excluding tert-OH is 1. The number of nitrogens with two attached hydrogens (primary N) is 1. The van der Waals surface area contributed by atoms with Gasteiger partial charge in [0, 0.05) is 32.4 Å². The molecule has 22 nitrogen and oxygen atoms in total. The molecular formula is C52H63N5O17. The van der Waals surface area contributed by atoms with Gasteiger partial charge >= 0.3 is 24.4 Å². The molecule has 22 heteroatoms. The van der Waals surface area contributed by atoms with Gasteiger partial charge in [0.25, 0.3) is 0 Å². The van der Waals surface area contributed by atoms with Gasteiger partial charge in [-0.2, -0.15) is 0 Å². The van der Waals surface area contributed by atoms with Gasteiger partial charge < -0.3 is 83.6 Å². The number of benzene rings is 3. The van der Waals surface area contributed by atoms with Crippen molar-refractivity contribution in [1.29, 1.82) is 0 Å². The van der Waals surface area contributed by atoms with Crippen LogP contribution in [0.3, 0.4) is 0 Å². The number of nitrogens with zero attached hydrogens (tertiary/aromatic N) is 1. The summed E-state index contributed by atoms with van der Waals surface area (Å²) in [6, 6.07) is 23.8. The van der Waals surface area contributed by atoms with Crippen LogP contribution in [0, 0.1) is 0 Å². The summed E-state index contributed by atoms with van der Waals surface area (Å²) in [6.45, 7) is -0.404. The normalized spacial score (nSPS) is 36.4. The number of aliphatic hydroxyl groups is 1. The Morgan fingerprint density at radius 3 is 1.82 bits per heavy atom. The number of likely N-dealkylation sites (N-methyl/N-ethyl adjacent to an activating group) is 1. The number of nitrogens with one attached hydrogen (secondary N) is 3. The second kappa shape index (κ2) is 21.9. The third kappa shape index (κ3) is 10.9.